The standard InChI is InChI=1S/C16H17F2NO4/c1-8-9(2)22-10(3)14(8)15(20)19-11-5-6-12(21-4)13(7-11)23-16(17)18/h5-7,16H,1-4H3,(H,19,20). The second-order valence-electron chi connectivity index (χ2n) is 4.91. The Bertz CT molecular complexity index is 725. The fraction of sp³-hybridized carbons (Fsp3) is 0.312. The lowest BCUT2D eigenvalue weighted by atomic mass is 10.1. The zero-order chi connectivity index (χ0) is 17.1. The Morgan fingerprint density at radius 2 is 1.87 bits per heavy atom. The molecule has 0 aliphatic rings. The maximum atomic E-state index is 12.4. The van der Waals surface area contributed by atoms with Gasteiger partial charge in [0.1, 0.15) is 11.5 Å². The Balaban J connectivity index is 2.27. The summed E-state index contributed by atoms with van der Waals surface area (Å²) in [4.78, 5) is 12.4. The summed E-state index contributed by atoms with van der Waals surface area (Å²) in [5, 5.41) is 2.64. The van der Waals surface area contributed by atoms with Gasteiger partial charge < -0.3 is 19.2 Å². The molecule has 2 rings (SSSR count). The monoisotopic (exact) mass is 325 g/mol. The molecule has 0 spiro atoms. The molecule has 0 bridgehead atoms. The quantitative estimate of drug-likeness (QED) is 0.900. The number of nitrogens with one attached hydrogen (secondary N) is 1. The van der Waals surface area contributed by atoms with E-state index in [0.29, 0.717) is 22.8 Å². The van der Waals surface area contributed by atoms with Gasteiger partial charge in [0.05, 0.1) is 12.7 Å². The number of carbonyl (C=O) groups is 1. The average Bonchev–Trinajstić information content (AvgIpc) is 2.71. The molecular weight excluding hydrogens is 308 g/mol. The largest absolute Gasteiger partial charge is 0.493 e. The third-order valence-corrected chi connectivity index (χ3v) is 3.43. The molecule has 1 aromatic heterocycles. The number of hydrogen-bond acceptors (Lipinski definition) is 4. The fourth-order valence-corrected chi connectivity index (χ4v) is 2.26. The number of hydrogen-bond donors (Lipinski definition) is 1. The topological polar surface area (TPSA) is 60.7 Å². The highest BCUT2D eigenvalue weighted by molar-refractivity contribution is 6.06. The van der Waals surface area contributed by atoms with Crippen molar-refractivity contribution in [1.29, 1.82) is 0 Å². The van der Waals surface area contributed by atoms with Gasteiger partial charge in [-0.05, 0) is 32.9 Å². The van der Waals surface area contributed by atoms with E-state index in [4.69, 9.17) is 9.15 Å². The number of rotatable bonds is 5. The lowest BCUT2D eigenvalue weighted by Crippen LogP contribution is -2.14. The maximum absolute atomic E-state index is 12.4. The smallest absolute Gasteiger partial charge is 0.387 e. The van der Waals surface area contributed by atoms with Gasteiger partial charge in [0, 0.05) is 17.3 Å². The Morgan fingerprint density at radius 1 is 1.17 bits per heavy atom. The summed E-state index contributed by atoms with van der Waals surface area (Å²) in [6.45, 7) is 2.24. The van der Waals surface area contributed by atoms with Crippen molar-refractivity contribution in [3.8, 4) is 11.5 Å². The number of furan rings is 1. The van der Waals surface area contributed by atoms with E-state index < -0.39 is 6.61 Å². The molecule has 124 valence electrons. The Kier molecular flexibility index (Phi) is 4.88. The molecule has 0 aliphatic carbocycles. The van der Waals surface area contributed by atoms with Crippen LogP contribution in [-0.4, -0.2) is 19.6 Å². The van der Waals surface area contributed by atoms with Gasteiger partial charge in [0.25, 0.3) is 5.91 Å². The molecule has 0 saturated heterocycles. The lowest BCUT2D eigenvalue weighted by molar-refractivity contribution is -0.0511. The zero-order valence-electron chi connectivity index (χ0n) is 13.2. The molecule has 5 nitrogen and oxygen atoms in total. The van der Waals surface area contributed by atoms with Gasteiger partial charge in [0.2, 0.25) is 0 Å². The summed E-state index contributed by atoms with van der Waals surface area (Å²) in [7, 11) is 1.34. The molecule has 0 atom stereocenters. The third-order valence-electron chi connectivity index (χ3n) is 3.43. The van der Waals surface area contributed by atoms with Crippen molar-refractivity contribution in [1.82, 2.24) is 0 Å². The number of aryl methyl sites for hydroxylation is 2. The summed E-state index contributed by atoms with van der Waals surface area (Å²) in [6, 6.07) is 4.25. The van der Waals surface area contributed by atoms with Crippen LogP contribution < -0.4 is 14.8 Å². The molecule has 7 heteroatoms. The minimum atomic E-state index is -2.99. The van der Waals surface area contributed by atoms with E-state index in [9.17, 15) is 13.6 Å². The molecule has 1 aromatic carbocycles. The van der Waals surface area contributed by atoms with E-state index in [2.05, 4.69) is 10.1 Å². The van der Waals surface area contributed by atoms with Crippen LogP contribution in [0.15, 0.2) is 22.6 Å². The van der Waals surface area contributed by atoms with Crippen LogP contribution in [0.4, 0.5) is 14.5 Å². The molecule has 2 aromatic rings. The molecule has 0 radical (unpaired) electrons. The van der Waals surface area contributed by atoms with Crippen molar-refractivity contribution in [3.63, 3.8) is 0 Å². The number of benzene rings is 1. The van der Waals surface area contributed by atoms with E-state index in [0.717, 1.165) is 5.56 Å². The SMILES string of the molecule is COc1ccc(NC(=O)c2c(C)oc(C)c2C)cc1OC(F)F. The number of alkyl halides is 2. The first-order valence-electron chi connectivity index (χ1n) is 6.84. The van der Waals surface area contributed by atoms with Gasteiger partial charge in [-0.1, -0.05) is 0 Å². The molecule has 1 N–H and O–H groups in total. The predicted molar refractivity (Wildman–Crippen MR) is 80.5 cm³/mol. The Labute approximate surface area is 132 Å². The van der Waals surface area contributed by atoms with Crippen LogP contribution in [0.5, 0.6) is 11.5 Å². The highest BCUT2D eigenvalue weighted by Gasteiger charge is 2.19. The summed E-state index contributed by atoms with van der Waals surface area (Å²) in [6.07, 6.45) is 0. The first kappa shape index (κ1) is 16.8. The number of halogens is 2. The van der Waals surface area contributed by atoms with Gasteiger partial charge in [-0.3, -0.25) is 4.79 Å². The summed E-state index contributed by atoms with van der Waals surface area (Å²) in [5.41, 5.74) is 1.47. The van der Waals surface area contributed by atoms with Gasteiger partial charge in [0.15, 0.2) is 11.5 Å². The number of anilines is 1. The number of carbonyl (C=O) groups excluding carboxylic acids is 1. The van der Waals surface area contributed by atoms with E-state index >= 15 is 0 Å². The van der Waals surface area contributed by atoms with Crippen molar-refractivity contribution in [2.75, 3.05) is 12.4 Å². The van der Waals surface area contributed by atoms with Crippen molar-refractivity contribution in [2.45, 2.75) is 27.4 Å². The van der Waals surface area contributed by atoms with Crippen LogP contribution in [0.3, 0.4) is 0 Å². The molecule has 1 amide bonds. The second kappa shape index (κ2) is 6.68. The van der Waals surface area contributed by atoms with Gasteiger partial charge in [-0.2, -0.15) is 8.78 Å². The second-order valence-corrected chi connectivity index (χ2v) is 4.91. The first-order valence-corrected chi connectivity index (χ1v) is 6.84. The third kappa shape index (κ3) is 3.61. The highest BCUT2D eigenvalue weighted by Crippen LogP contribution is 2.32. The summed E-state index contributed by atoms with van der Waals surface area (Å²) in [5.74, 6) is 0.760. The molecule has 0 aliphatic heterocycles. The minimum absolute atomic E-state index is 0.148. The summed E-state index contributed by atoms with van der Waals surface area (Å²) < 4.78 is 39.6. The Hall–Kier alpha value is -2.57. The van der Waals surface area contributed by atoms with Crippen LogP contribution in [0.1, 0.15) is 27.4 Å². The van der Waals surface area contributed by atoms with Crippen LogP contribution in [0.25, 0.3) is 0 Å². The average molecular weight is 325 g/mol. The Morgan fingerprint density at radius 3 is 2.39 bits per heavy atom. The van der Waals surface area contributed by atoms with E-state index in [1.807, 2.05) is 0 Å². The first-order chi connectivity index (χ1) is 10.8. The molecule has 1 heterocycles. The van der Waals surface area contributed by atoms with Crippen molar-refractivity contribution in [2.24, 2.45) is 0 Å². The van der Waals surface area contributed by atoms with E-state index in [1.165, 1.54) is 25.3 Å². The molecule has 0 unspecified atom stereocenters. The van der Waals surface area contributed by atoms with Crippen molar-refractivity contribution >= 4 is 11.6 Å². The minimum Gasteiger partial charge on any atom is -0.493 e. The normalized spacial score (nSPS) is 10.7. The number of amides is 1. The van der Waals surface area contributed by atoms with Crippen LogP contribution in [0, 0.1) is 20.8 Å². The fourth-order valence-electron chi connectivity index (χ4n) is 2.26. The summed E-state index contributed by atoms with van der Waals surface area (Å²) >= 11 is 0. The molecule has 23 heavy (non-hydrogen) atoms. The van der Waals surface area contributed by atoms with Crippen molar-refractivity contribution in [3.05, 3.63) is 40.8 Å². The lowest BCUT2D eigenvalue weighted by Gasteiger charge is -2.12. The molecule has 0 fully saturated rings. The van der Waals surface area contributed by atoms with Crippen LogP contribution in [-0.2, 0) is 0 Å². The highest BCUT2D eigenvalue weighted by atomic mass is 19.3. The zero-order valence-corrected chi connectivity index (χ0v) is 13.2. The maximum Gasteiger partial charge on any atom is 0.387 e. The van der Waals surface area contributed by atoms with Gasteiger partial charge in [-0.25, -0.2) is 0 Å². The number of methoxy groups -OCH3 is 1. The number of ether oxygens (including phenoxy) is 2. The predicted octanol–water partition coefficient (Wildman–Crippen LogP) is 4.07. The molecular formula is C16H17F2NO4. The van der Waals surface area contributed by atoms with Crippen LogP contribution in [0.2, 0.25) is 0 Å². The van der Waals surface area contributed by atoms with Crippen LogP contribution >= 0.6 is 0 Å². The van der Waals surface area contributed by atoms with E-state index in [-0.39, 0.29) is 17.4 Å². The molecule has 0 saturated carbocycles. The van der Waals surface area contributed by atoms with Gasteiger partial charge in [-0.15, -0.1) is 0 Å². The van der Waals surface area contributed by atoms with Gasteiger partial charge >= 0.3 is 6.61 Å². The van der Waals surface area contributed by atoms with E-state index in [1.54, 1.807) is 20.8 Å². The van der Waals surface area contributed by atoms with Crippen molar-refractivity contribution < 1.29 is 27.5 Å².